The van der Waals surface area contributed by atoms with Crippen LogP contribution in [0.4, 0.5) is 0 Å². The molecule has 0 aromatic heterocycles. The lowest BCUT2D eigenvalue weighted by Gasteiger charge is -1.92. The second-order valence-electron chi connectivity index (χ2n) is 2.33. The lowest BCUT2D eigenvalue weighted by Crippen LogP contribution is -1.99. The molecule has 0 saturated heterocycles. The Labute approximate surface area is 59.5 Å². The highest BCUT2D eigenvalue weighted by Crippen LogP contribution is 2.29. The average molecular weight is 154 g/mol. The Bertz CT molecular complexity index is 355. The summed E-state index contributed by atoms with van der Waals surface area (Å²) >= 11 is 0. The third-order valence-corrected chi connectivity index (χ3v) is 3.31. The monoisotopic (exact) mass is 154 g/mol. The third-order valence-electron chi connectivity index (χ3n) is 1.67. The predicted molar refractivity (Wildman–Crippen MR) is 39.1 cm³/mol. The van der Waals surface area contributed by atoms with Crippen molar-refractivity contribution in [2.24, 2.45) is 0 Å². The molecule has 0 radical (unpaired) electrons. The minimum Gasteiger partial charge on any atom is -0.223 e. The van der Waals surface area contributed by atoms with E-state index in [2.05, 4.69) is 0 Å². The molecule has 1 aliphatic heterocycles. The van der Waals surface area contributed by atoms with Gasteiger partial charge < -0.3 is 0 Å². The van der Waals surface area contributed by atoms with Crippen LogP contribution in [0.15, 0.2) is 34.8 Å². The van der Waals surface area contributed by atoms with Crippen molar-refractivity contribution in [2.45, 2.75) is 0 Å². The van der Waals surface area contributed by atoms with Gasteiger partial charge in [-0.25, -0.2) is 8.42 Å². The lowest BCUT2D eigenvalue weighted by atomic mass is 10.3. The number of fused-ring (bicyclic) bond motifs is 1. The summed E-state index contributed by atoms with van der Waals surface area (Å²) in [6, 6.07) is 0. The van der Waals surface area contributed by atoms with Crippen LogP contribution in [0.5, 0.6) is 0 Å². The normalized spacial score (nSPS) is 26.0. The fraction of sp³-hybridized carbons (Fsp3) is 0.143. The van der Waals surface area contributed by atoms with E-state index in [-0.39, 0.29) is 5.75 Å². The molecule has 1 aliphatic carbocycles. The summed E-state index contributed by atoms with van der Waals surface area (Å²) in [7, 11) is -2.92. The van der Waals surface area contributed by atoms with Crippen molar-refractivity contribution in [1.29, 1.82) is 0 Å². The summed E-state index contributed by atoms with van der Waals surface area (Å²) < 4.78 is 22.2. The van der Waals surface area contributed by atoms with Crippen LogP contribution in [0, 0.1) is 0 Å². The van der Waals surface area contributed by atoms with Crippen LogP contribution in [0.2, 0.25) is 0 Å². The standard InChI is InChI=1S/C7H6O2S/c8-10(9)5-4-6-2-1-3-7(6)10/h1-4H,5H2. The van der Waals surface area contributed by atoms with Crippen molar-refractivity contribution in [3.8, 4) is 0 Å². The van der Waals surface area contributed by atoms with Crippen LogP contribution < -0.4 is 0 Å². The zero-order valence-corrected chi connectivity index (χ0v) is 6.06. The first-order valence-corrected chi connectivity index (χ1v) is 4.67. The van der Waals surface area contributed by atoms with Gasteiger partial charge in [0.1, 0.15) is 0 Å². The lowest BCUT2D eigenvalue weighted by molar-refractivity contribution is 0.607. The molecule has 0 saturated carbocycles. The van der Waals surface area contributed by atoms with Gasteiger partial charge in [-0.1, -0.05) is 18.2 Å². The average Bonchev–Trinajstić information content (AvgIpc) is 2.36. The van der Waals surface area contributed by atoms with Crippen molar-refractivity contribution in [3.63, 3.8) is 0 Å². The summed E-state index contributed by atoms with van der Waals surface area (Å²) in [5, 5.41) is 0. The van der Waals surface area contributed by atoms with Gasteiger partial charge in [-0.3, -0.25) is 0 Å². The number of hydrogen-bond acceptors (Lipinski definition) is 2. The first-order chi connectivity index (χ1) is 4.70. The highest BCUT2D eigenvalue weighted by molar-refractivity contribution is 7.96. The molecule has 0 amide bonds. The van der Waals surface area contributed by atoms with Gasteiger partial charge >= 0.3 is 0 Å². The second-order valence-corrected chi connectivity index (χ2v) is 4.33. The van der Waals surface area contributed by atoms with Gasteiger partial charge in [0.2, 0.25) is 0 Å². The summed E-state index contributed by atoms with van der Waals surface area (Å²) in [5.74, 6) is 0.179. The molecule has 0 spiro atoms. The number of hydrogen-bond donors (Lipinski definition) is 0. The maximum Gasteiger partial charge on any atom is 0.182 e. The minimum absolute atomic E-state index is 0.179. The van der Waals surface area contributed by atoms with E-state index in [0.717, 1.165) is 5.57 Å². The third kappa shape index (κ3) is 0.609. The van der Waals surface area contributed by atoms with Gasteiger partial charge in [0, 0.05) is 0 Å². The Morgan fingerprint density at radius 1 is 1.40 bits per heavy atom. The maximum absolute atomic E-state index is 11.1. The van der Waals surface area contributed by atoms with E-state index in [1.54, 1.807) is 18.2 Å². The van der Waals surface area contributed by atoms with Crippen molar-refractivity contribution in [3.05, 3.63) is 34.8 Å². The largest absolute Gasteiger partial charge is 0.223 e. The van der Waals surface area contributed by atoms with E-state index in [1.165, 1.54) is 0 Å². The van der Waals surface area contributed by atoms with E-state index in [9.17, 15) is 8.42 Å². The van der Waals surface area contributed by atoms with Crippen molar-refractivity contribution in [2.75, 3.05) is 5.75 Å². The highest BCUT2D eigenvalue weighted by Gasteiger charge is 2.26. The molecule has 0 atom stereocenters. The molecule has 2 nitrogen and oxygen atoms in total. The fourth-order valence-electron chi connectivity index (χ4n) is 1.16. The molecule has 3 heteroatoms. The van der Waals surface area contributed by atoms with Crippen LogP contribution in [-0.2, 0) is 9.84 Å². The van der Waals surface area contributed by atoms with Crippen LogP contribution >= 0.6 is 0 Å². The first kappa shape index (κ1) is 5.92. The topological polar surface area (TPSA) is 34.1 Å². The zero-order chi connectivity index (χ0) is 7.19. The Hall–Kier alpha value is -0.830. The van der Waals surface area contributed by atoms with Crippen molar-refractivity contribution >= 4 is 9.84 Å². The van der Waals surface area contributed by atoms with Gasteiger partial charge in [-0.2, -0.15) is 0 Å². The summed E-state index contributed by atoms with van der Waals surface area (Å²) in [5.41, 5.74) is 0.861. The van der Waals surface area contributed by atoms with E-state index in [4.69, 9.17) is 0 Å². The minimum atomic E-state index is -2.92. The van der Waals surface area contributed by atoms with Gasteiger partial charge in [0.25, 0.3) is 0 Å². The molecule has 2 aliphatic rings. The van der Waals surface area contributed by atoms with Gasteiger partial charge in [-0.05, 0) is 11.6 Å². The smallest absolute Gasteiger partial charge is 0.182 e. The quantitative estimate of drug-likeness (QED) is 0.517. The van der Waals surface area contributed by atoms with E-state index in [0.29, 0.717) is 4.91 Å². The maximum atomic E-state index is 11.1. The van der Waals surface area contributed by atoms with Gasteiger partial charge in [0.05, 0.1) is 10.7 Å². The Kier molecular flexibility index (Phi) is 0.951. The van der Waals surface area contributed by atoms with Crippen LogP contribution in [0.1, 0.15) is 0 Å². The van der Waals surface area contributed by atoms with Gasteiger partial charge in [0.15, 0.2) is 9.84 Å². The van der Waals surface area contributed by atoms with Crippen LogP contribution in [-0.4, -0.2) is 14.2 Å². The second kappa shape index (κ2) is 1.61. The zero-order valence-electron chi connectivity index (χ0n) is 5.24. The molecule has 0 aromatic carbocycles. The van der Waals surface area contributed by atoms with E-state index in [1.807, 2.05) is 6.08 Å². The summed E-state index contributed by atoms with van der Waals surface area (Å²) in [6.45, 7) is 0. The number of rotatable bonds is 0. The van der Waals surface area contributed by atoms with Crippen molar-refractivity contribution in [1.82, 2.24) is 0 Å². The molecule has 0 N–H and O–H groups in total. The molecule has 10 heavy (non-hydrogen) atoms. The molecular formula is C7H6O2S. The number of allylic oxidation sites excluding steroid dienone is 4. The van der Waals surface area contributed by atoms with E-state index < -0.39 is 9.84 Å². The van der Waals surface area contributed by atoms with Crippen LogP contribution in [0.25, 0.3) is 0 Å². The molecule has 52 valence electrons. The highest BCUT2D eigenvalue weighted by atomic mass is 32.2. The van der Waals surface area contributed by atoms with Crippen LogP contribution in [0.3, 0.4) is 0 Å². The van der Waals surface area contributed by atoms with Crippen molar-refractivity contribution < 1.29 is 8.42 Å². The van der Waals surface area contributed by atoms with E-state index >= 15 is 0 Å². The molecule has 1 heterocycles. The molecule has 0 aromatic rings. The Morgan fingerprint density at radius 2 is 2.20 bits per heavy atom. The first-order valence-electron chi connectivity index (χ1n) is 3.02. The fourth-order valence-corrected chi connectivity index (χ4v) is 2.53. The number of sulfone groups is 1. The molecule has 0 fully saturated rings. The molecule has 0 unspecified atom stereocenters. The Balaban J connectivity index is 2.66. The molecule has 0 bridgehead atoms. The molecular weight excluding hydrogens is 148 g/mol. The molecule has 2 rings (SSSR count). The predicted octanol–water partition coefficient (Wildman–Crippen LogP) is 0.795. The Morgan fingerprint density at radius 3 is 2.90 bits per heavy atom. The van der Waals surface area contributed by atoms with Gasteiger partial charge in [-0.15, -0.1) is 0 Å². The summed E-state index contributed by atoms with van der Waals surface area (Å²) in [4.78, 5) is 0.493. The SMILES string of the molecule is O=S1(=O)CC=C2C=CC=C21. The summed E-state index contributed by atoms with van der Waals surface area (Å²) in [6.07, 6.45) is 6.97.